The number of aromatic hydroxyl groups is 1. The maximum absolute atomic E-state index is 8.63. The summed E-state index contributed by atoms with van der Waals surface area (Å²) in [4.78, 5) is 0. The molecule has 0 atom stereocenters. The molecule has 0 radical (unpaired) electrons. The second kappa shape index (κ2) is 3.50. The highest BCUT2D eigenvalue weighted by molar-refractivity contribution is 8.93. The first-order valence-electron chi connectivity index (χ1n) is 2.13. The van der Waals surface area contributed by atoms with Gasteiger partial charge in [0.05, 0.1) is 0 Å². The van der Waals surface area contributed by atoms with E-state index in [9.17, 15) is 0 Å². The Hall–Kier alpha value is -0.500. The van der Waals surface area contributed by atoms with Gasteiger partial charge in [0.2, 0.25) is 0 Å². The van der Waals surface area contributed by atoms with Crippen molar-refractivity contribution in [2.45, 2.75) is 0 Å². The predicted molar refractivity (Wildman–Crippen MR) is 38.4 cm³/mol. The van der Waals surface area contributed by atoms with Crippen LogP contribution >= 0.6 is 17.0 Å². The third kappa shape index (κ3) is 1.98. The van der Waals surface area contributed by atoms with Crippen LogP contribution in [0.4, 0.5) is 0 Å². The van der Waals surface area contributed by atoms with Gasteiger partial charge in [0.25, 0.3) is 0 Å². The van der Waals surface area contributed by atoms with E-state index >= 15 is 0 Å². The summed E-state index contributed by atoms with van der Waals surface area (Å²) in [5, 5.41) is 8.63. The first-order chi connectivity index (χ1) is 3.39. The standard InChI is InChI=1S/C6H6O.BrH/c7-6-4-2-1-3-5-6;/h1-5,7H;1H. The van der Waals surface area contributed by atoms with Gasteiger partial charge in [0, 0.05) is 0 Å². The lowest BCUT2D eigenvalue weighted by molar-refractivity contribution is 0.475. The molecule has 0 aromatic heterocycles. The fourth-order valence-electron chi connectivity index (χ4n) is 0.428. The Morgan fingerprint density at radius 3 is 1.75 bits per heavy atom. The number of hydrogen-bond donors (Lipinski definition) is 1. The quantitative estimate of drug-likeness (QED) is 0.638. The molecule has 44 valence electrons. The third-order valence-corrected chi connectivity index (χ3v) is 0.756. The minimum atomic E-state index is 0. The first-order valence-corrected chi connectivity index (χ1v) is 2.13. The number of hydrogen-bond acceptors (Lipinski definition) is 1. The number of phenolic OH excluding ortho intramolecular Hbond substituents is 1. The summed E-state index contributed by atoms with van der Waals surface area (Å²) in [5.74, 6) is 0.322. The molecule has 0 spiro atoms. The number of halogens is 1. The smallest absolute Gasteiger partial charge is 0.115 e. The topological polar surface area (TPSA) is 20.2 Å². The molecule has 2 heteroatoms. The Balaban J connectivity index is 0.000000490. The van der Waals surface area contributed by atoms with Crippen molar-refractivity contribution in [1.82, 2.24) is 0 Å². The molecule has 0 aliphatic heterocycles. The van der Waals surface area contributed by atoms with Gasteiger partial charge in [-0.05, 0) is 12.1 Å². The summed E-state index contributed by atoms with van der Waals surface area (Å²) < 4.78 is 0. The van der Waals surface area contributed by atoms with Gasteiger partial charge < -0.3 is 5.11 Å². The zero-order chi connectivity index (χ0) is 5.11. The normalized spacial score (nSPS) is 7.50. The van der Waals surface area contributed by atoms with Crippen molar-refractivity contribution in [3.63, 3.8) is 0 Å². The fraction of sp³-hybridized carbons (Fsp3) is 0. The van der Waals surface area contributed by atoms with Crippen molar-refractivity contribution in [3.05, 3.63) is 30.3 Å². The van der Waals surface area contributed by atoms with Gasteiger partial charge in [0.15, 0.2) is 0 Å². The molecule has 1 N–H and O–H groups in total. The molecule has 0 bridgehead atoms. The summed E-state index contributed by atoms with van der Waals surface area (Å²) in [7, 11) is 0. The first kappa shape index (κ1) is 7.50. The van der Waals surface area contributed by atoms with Crippen LogP contribution in [0.2, 0.25) is 0 Å². The summed E-state index contributed by atoms with van der Waals surface area (Å²) in [6.45, 7) is 0. The van der Waals surface area contributed by atoms with Crippen LogP contribution in [0.15, 0.2) is 30.3 Å². The molecule has 0 unspecified atom stereocenters. The van der Waals surface area contributed by atoms with Gasteiger partial charge in [-0.3, -0.25) is 0 Å². The Morgan fingerprint density at radius 1 is 1.00 bits per heavy atom. The summed E-state index contributed by atoms with van der Waals surface area (Å²) in [5.41, 5.74) is 0. The van der Waals surface area contributed by atoms with Gasteiger partial charge in [-0.25, -0.2) is 0 Å². The van der Waals surface area contributed by atoms with Crippen molar-refractivity contribution in [1.29, 1.82) is 0 Å². The zero-order valence-electron chi connectivity index (χ0n) is 4.24. The van der Waals surface area contributed by atoms with E-state index in [2.05, 4.69) is 0 Å². The van der Waals surface area contributed by atoms with Crippen molar-refractivity contribution >= 4 is 17.0 Å². The van der Waals surface area contributed by atoms with Crippen molar-refractivity contribution in [2.24, 2.45) is 0 Å². The van der Waals surface area contributed by atoms with Crippen LogP contribution in [-0.4, -0.2) is 5.11 Å². The number of para-hydroxylation sites is 1. The molecule has 0 saturated heterocycles. The molecule has 0 fully saturated rings. The molecule has 1 rings (SSSR count). The molecular formula is C6H7BrO. The van der Waals surface area contributed by atoms with Crippen LogP contribution in [-0.2, 0) is 0 Å². The van der Waals surface area contributed by atoms with Crippen molar-refractivity contribution in [3.8, 4) is 5.75 Å². The van der Waals surface area contributed by atoms with Gasteiger partial charge in [-0.2, -0.15) is 0 Å². The summed E-state index contributed by atoms with van der Waals surface area (Å²) in [6, 6.07) is 8.71. The minimum absolute atomic E-state index is 0. The highest BCUT2D eigenvalue weighted by atomic mass is 79.9. The van der Waals surface area contributed by atoms with Gasteiger partial charge in [-0.15, -0.1) is 17.0 Å². The Kier molecular flexibility index (Phi) is 3.28. The number of benzene rings is 1. The largest absolute Gasteiger partial charge is 0.508 e. The zero-order valence-corrected chi connectivity index (χ0v) is 5.96. The van der Waals surface area contributed by atoms with E-state index in [1.165, 1.54) is 0 Å². The van der Waals surface area contributed by atoms with Gasteiger partial charge >= 0.3 is 0 Å². The van der Waals surface area contributed by atoms with Crippen LogP contribution in [0.1, 0.15) is 0 Å². The molecule has 0 saturated carbocycles. The lowest BCUT2D eigenvalue weighted by atomic mass is 10.3. The highest BCUT2D eigenvalue weighted by Crippen LogP contribution is 2.02. The predicted octanol–water partition coefficient (Wildman–Crippen LogP) is 1.97. The lowest BCUT2D eigenvalue weighted by Gasteiger charge is -1.82. The highest BCUT2D eigenvalue weighted by Gasteiger charge is 1.74. The molecule has 0 heterocycles. The molecule has 0 aliphatic rings. The Labute approximate surface area is 58.7 Å². The third-order valence-electron chi connectivity index (χ3n) is 0.756. The van der Waals surface area contributed by atoms with E-state index < -0.39 is 0 Å². The molecule has 1 nitrogen and oxygen atoms in total. The van der Waals surface area contributed by atoms with E-state index in [0.717, 1.165) is 0 Å². The molecule has 0 aliphatic carbocycles. The van der Waals surface area contributed by atoms with E-state index in [0.29, 0.717) is 5.75 Å². The van der Waals surface area contributed by atoms with Crippen LogP contribution in [0.5, 0.6) is 5.75 Å². The van der Waals surface area contributed by atoms with E-state index in [1.54, 1.807) is 24.3 Å². The van der Waals surface area contributed by atoms with E-state index in [-0.39, 0.29) is 17.0 Å². The van der Waals surface area contributed by atoms with Gasteiger partial charge in [0.1, 0.15) is 5.75 Å². The Bertz CT molecular complexity index is 138. The Morgan fingerprint density at radius 2 is 1.50 bits per heavy atom. The minimum Gasteiger partial charge on any atom is -0.508 e. The number of rotatable bonds is 0. The van der Waals surface area contributed by atoms with Crippen LogP contribution < -0.4 is 0 Å². The van der Waals surface area contributed by atoms with Gasteiger partial charge in [-0.1, -0.05) is 18.2 Å². The molecule has 1 aromatic carbocycles. The van der Waals surface area contributed by atoms with Crippen LogP contribution in [0.25, 0.3) is 0 Å². The summed E-state index contributed by atoms with van der Waals surface area (Å²) >= 11 is 0. The lowest BCUT2D eigenvalue weighted by Crippen LogP contribution is -1.56. The average molecular weight is 175 g/mol. The van der Waals surface area contributed by atoms with Crippen molar-refractivity contribution < 1.29 is 5.11 Å². The average Bonchev–Trinajstić information content (AvgIpc) is 1.69. The maximum atomic E-state index is 8.63. The molecule has 1 aromatic rings. The molecule has 8 heavy (non-hydrogen) atoms. The second-order valence-electron chi connectivity index (χ2n) is 1.34. The van der Waals surface area contributed by atoms with Crippen LogP contribution in [0.3, 0.4) is 0 Å². The molecular weight excluding hydrogens is 168 g/mol. The van der Waals surface area contributed by atoms with E-state index in [1.807, 2.05) is 6.07 Å². The monoisotopic (exact) mass is 174 g/mol. The maximum Gasteiger partial charge on any atom is 0.115 e. The van der Waals surface area contributed by atoms with Crippen molar-refractivity contribution in [2.75, 3.05) is 0 Å². The van der Waals surface area contributed by atoms with Crippen LogP contribution in [0, 0.1) is 0 Å². The SMILES string of the molecule is Br.Oc1ccccc1. The van der Waals surface area contributed by atoms with E-state index in [4.69, 9.17) is 5.11 Å². The fourth-order valence-corrected chi connectivity index (χ4v) is 0.428. The number of phenols is 1. The molecule has 0 amide bonds. The second-order valence-corrected chi connectivity index (χ2v) is 1.34. The summed E-state index contributed by atoms with van der Waals surface area (Å²) in [6.07, 6.45) is 0.